The molecule has 1 aromatic carbocycles. The Hall–Kier alpha value is -1.84. The van der Waals surface area contributed by atoms with E-state index in [2.05, 4.69) is 16.6 Å². The standard InChI is InChI=1S/C18H24N2O3S/c1-2-3-15-24(22,23)19-13-6-7-16-9-11-17(12-10-16)20-14-5-4-8-18(20)21/h9-12,19H,2-5,8,13-15H2,1H3. The van der Waals surface area contributed by atoms with Crippen LogP contribution in [-0.4, -0.2) is 33.2 Å². The van der Waals surface area contributed by atoms with Crippen molar-refractivity contribution in [2.75, 3.05) is 23.7 Å². The van der Waals surface area contributed by atoms with Gasteiger partial charge in [0, 0.05) is 24.2 Å². The number of hydrogen-bond acceptors (Lipinski definition) is 3. The van der Waals surface area contributed by atoms with Crippen LogP contribution in [0.15, 0.2) is 24.3 Å². The fourth-order valence-corrected chi connectivity index (χ4v) is 3.61. The topological polar surface area (TPSA) is 66.5 Å². The van der Waals surface area contributed by atoms with Gasteiger partial charge in [0.1, 0.15) is 0 Å². The smallest absolute Gasteiger partial charge is 0.226 e. The van der Waals surface area contributed by atoms with Crippen molar-refractivity contribution in [3.63, 3.8) is 0 Å². The van der Waals surface area contributed by atoms with E-state index in [9.17, 15) is 13.2 Å². The highest BCUT2D eigenvalue weighted by Gasteiger charge is 2.19. The summed E-state index contributed by atoms with van der Waals surface area (Å²) in [6.07, 6.45) is 4.11. The van der Waals surface area contributed by atoms with Gasteiger partial charge in [-0.15, -0.1) is 0 Å². The Balaban J connectivity index is 1.89. The first-order chi connectivity index (χ1) is 11.5. The number of unbranched alkanes of at least 4 members (excludes halogenated alkanes) is 1. The van der Waals surface area contributed by atoms with E-state index in [1.54, 1.807) is 0 Å². The summed E-state index contributed by atoms with van der Waals surface area (Å²) >= 11 is 0. The predicted octanol–water partition coefficient (Wildman–Crippen LogP) is 2.27. The van der Waals surface area contributed by atoms with Gasteiger partial charge in [0.05, 0.1) is 12.3 Å². The van der Waals surface area contributed by atoms with Crippen LogP contribution in [0.5, 0.6) is 0 Å². The van der Waals surface area contributed by atoms with Gasteiger partial charge in [-0.3, -0.25) is 4.79 Å². The van der Waals surface area contributed by atoms with E-state index < -0.39 is 10.0 Å². The molecule has 1 aliphatic heterocycles. The molecule has 1 aliphatic rings. The van der Waals surface area contributed by atoms with Crippen molar-refractivity contribution in [3.8, 4) is 11.8 Å². The van der Waals surface area contributed by atoms with Gasteiger partial charge in [-0.25, -0.2) is 13.1 Å². The Kier molecular flexibility index (Phi) is 6.83. The van der Waals surface area contributed by atoms with Gasteiger partial charge in [0.2, 0.25) is 15.9 Å². The van der Waals surface area contributed by atoms with E-state index in [0.29, 0.717) is 12.8 Å². The number of sulfonamides is 1. The lowest BCUT2D eigenvalue weighted by Gasteiger charge is -2.26. The van der Waals surface area contributed by atoms with E-state index in [4.69, 9.17) is 0 Å². The largest absolute Gasteiger partial charge is 0.312 e. The van der Waals surface area contributed by atoms with Crippen LogP contribution in [0.2, 0.25) is 0 Å². The molecule has 0 aliphatic carbocycles. The van der Waals surface area contributed by atoms with Gasteiger partial charge >= 0.3 is 0 Å². The number of hydrogen-bond donors (Lipinski definition) is 1. The lowest BCUT2D eigenvalue weighted by atomic mass is 10.1. The van der Waals surface area contributed by atoms with Crippen LogP contribution < -0.4 is 9.62 Å². The summed E-state index contributed by atoms with van der Waals surface area (Å²) in [7, 11) is -3.22. The van der Waals surface area contributed by atoms with Crippen molar-refractivity contribution in [1.82, 2.24) is 4.72 Å². The zero-order chi connectivity index (χ0) is 17.4. The highest BCUT2D eigenvalue weighted by atomic mass is 32.2. The zero-order valence-electron chi connectivity index (χ0n) is 14.0. The summed E-state index contributed by atoms with van der Waals surface area (Å²) in [5.41, 5.74) is 1.70. The Labute approximate surface area is 144 Å². The van der Waals surface area contributed by atoms with Crippen LogP contribution in [0.3, 0.4) is 0 Å². The van der Waals surface area contributed by atoms with Gasteiger partial charge in [-0.05, 0) is 43.5 Å². The number of carbonyl (C=O) groups is 1. The number of carbonyl (C=O) groups excluding carboxylic acids is 1. The van der Waals surface area contributed by atoms with Crippen molar-refractivity contribution in [1.29, 1.82) is 0 Å². The Bertz CT molecular complexity index is 715. The molecule has 0 bridgehead atoms. The molecule has 1 fully saturated rings. The molecule has 1 aromatic rings. The number of anilines is 1. The van der Waals surface area contributed by atoms with Crippen molar-refractivity contribution < 1.29 is 13.2 Å². The third-order valence-electron chi connectivity index (χ3n) is 3.88. The minimum absolute atomic E-state index is 0.110. The molecule has 24 heavy (non-hydrogen) atoms. The molecule has 1 saturated heterocycles. The van der Waals surface area contributed by atoms with Crippen LogP contribution in [-0.2, 0) is 14.8 Å². The molecule has 0 spiro atoms. The summed E-state index contributed by atoms with van der Waals surface area (Å²) in [6.45, 7) is 2.83. The van der Waals surface area contributed by atoms with Crippen LogP contribution in [0, 0.1) is 11.8 Å². The van der Waals surface area contributed by atoms with E-state index in [0.717, 1.165) is 37.1 Å². The maximum absolute atomic E-state index is 11.9. The molecule has 2 rings (SSSR count). The molecule has 0 radical (unpaired) electrons. The van der Waals surface area contributed by atoms with Crippen LogP contribution in [0.1, 0.15) is 44.6 Å². The Morgan fingerprint density at radius 3 is 2.62 bits per heavy atom. The average molecular weight is 348 g/mol. The third kappa shape index (κ3) is 5.66. The summed E-state index contributed by atoms with van der Waals surface area (Å²) in [5, 5.41) is 0. The van der Waals surface area contributed by atoms with Gasteiger partial charge in [0.15, 0.2) is 0 Å². The Morgan fingerprint density at radius 2 is 1.96 bits per heavy atom. The first-order valence-corrected chi connectivity index (χ1v) is 10.0. The minimum Gasteiger partial charge on any atom is -0.312 e. The zero-order valence-corrected chi connectivity index (χ0v) is 14.9. The fourth-order valence-electron chi connectivity index (χ4n) is 2.50. The first kappa shape index (κ1) is 18.5. The number of nitrogens with one attached hydrogen (secondary N) is 1. The number of benzene rings is 1. The molecular weight excluding hydrogens is 324 g/mol. The molecule has 130 valence electrons. The highest BCUT2D eigenvalue weighted by Crippen LogP contribution is 2.20. The molecule has 1 amide bonds. The highest BCUT2D eigenvalue weighted by molar-refractivity contribution is 7.89. The van der Waals surface area contributed by atoms with Gasteiger partial charge < -0.3 is 4.90 Å². The summed E-state index contributed by atoms with van der Waals surface area (Å²) < 4.78 is 25.7. The van der Waals surface area contributed by atoms with E-state index in [1.807, 2.05) is 36.1 Å². The van der Waals surface area contributed by atoms with E-state index in [-0.39, 0.29) is 18.2 Å². The second-order valence-corrected chi connectivity index (χ2v) is 7.77. The SMILES string of the molecule is CCCCS(=O)(=O)NCC#Cc1ccc(N2CCCCC2=O)cc1. The lowest BCUT2D eigenvalue weighted by Crippen LogP contribution is -2.35. The van der Waals surface area contributed by atoms with E-state index >= 15 is 0 Å². The van der Waals surface area contributed by atoms with Gasteiger partial charge in [-0.2, -0.15) is 0 Å². The molecule has 6 heteroatoms. The molecule has 1 heterocycles. The van der Waals surface area contributed by atoms with Crippen molar-refractivity contribution in [2.24, 2.45) is 0 Å². The number of rotatable bonds is 6. The molecule has 5 nitrogen and oxygen atoms in total. The average Bonchev–Trinajstić information content (AvgIpc) is 2.58. The molecule has 0 aromatic heterocycles. The normalized spacial score (nSPS) is 15.0. The van der Waals surface area contributed by atoms with Crippen LogP contribution in [0.4, 0.5) is 5.69 Å². The van der Waals surface area contributed by atoms with Crippen molar-refractivity contribution in [3.05, 3.63) is 29.8 Å². The summed E-state index contributed by atoms with van der Waals surface area (Å²) in [6, 6.07) is 7.49. The molecule has 1 N–H and O–H groups in total. The monoisotopic (exact) mass is 348 g/mol. The predicted molar refractivity (Wildman–Crippen MR) is 96.2 cm³/mol. The van der Waals surface area contributed by atoms with Crippen molar-refractivity contribution >= 4 is 21.6 Å². The summed E-state index contributed by atoms with van der Waals surface area (Å²) in [5.74, 6) is 6.07. The lowest BCUT2D eigenvalue weighted by molar-refractivity contribution is -0.119. The molecule has 0 saturated carbocycles. The third-order valence-corrected chi connectivity index (χ3v) is 5.29. The molecular formula is C18H24N2O3S. The minimum atomic E-state index is -3.22. The molecule has 0 unspecified atom stereocenters. The second kappa shape index (κ2) is 8.86. The maximum Gasteiger partial charge on any atom is 0.226 e. The van der Waals surface area contributed by atoms with Crippen LogP contribution >= 0.6 is 0 Å². The van der Waals surface area contributed by atoms with Gasteiger partial charge in [-0.1, -0.05) is 25.2 Å². The van der Waals surface area contributed by atoms with Crippen molar-refractivity contribution in [2.45, 2.75) is 39.0 Å². The van der Waals surface area contributed by atoms with Crippen LogP contribution in [0.25, 0.3) is 0 Å². The maximum atomic E-state index is 11.9. The fraction of sp³-hybridized carbons (Fsp3) is 0.500. The van der Waals surface area contributed by atoms with Gasteiger partial charge in [0.25, 0.3) is 0 Å². The number of amides is 1. The molecule has 0 atom stereocenters. The summed E-state index contributed by atoms with van der Waals surface area (Å²) in [4.78, 5) is 13.7. The first-order valence-electron chi connectivity index (χ1n) is 8.38. The number of nitrogens with zero attached hydrogens (tertiary/aromatic N) is 1. The van der Waals surface area contributed by atoms with E-state index in [1.165, 1.54) is 0 Å². The second-order valence-electron chi connectivity index (χ2n) is 5.84. The quantitative estimate of drug-likeness (QED) is 0.802. The number of piperidine rings is 1. The Morgan fingerprint density at radius 1 is 1.21 bits per heavy atom.